The van der Waals surface area contributed by atoms with Crippen molar-refractivity contribution >= 4 is 29.2 Å². The van der Waals surface area contributed by atoms with Crippen molar-refractivity contribution in [1.29, 1.82) is 5.26 Å². The first kappa shape index (κ1) is 21.2. The monoisotopic (exact) mass is 433 g/mol. The average Bonchev–Trinajstić information content (AvgIpc) is 3.20. The molecule has 2 aromatic carbocycles. The van der Waals surface area contributed by atoms with Gasteiger partial charge in [-0.1, -0.05) is 49.2 Å². The van der Waals surface area contributed by atoms with Crippen LogP contribution in [0.4, 0.5) is 4.39 Å². The van der Waals surface area contributed by atoms with E-state index in [1.54, 1.807) is 24.3 Å². The van der Waals surface area contributed by atoms with Crippen molar-refractivity contribution in [3.63, 3.8) is 0 Å². The van der Waals surface area contributed by atoms with Crippen LogP contribution in [-0.2, 0) is 16.1 Å². The molecule has 1 aliphatic rings. The molecule has 2 unspecified atom stereocenters. The molecule has 1 aliphatic carbocycles. The lowest BCUT2D eigenvalue weighted by Crippen LogP contribution is -2.11. The minimum absolute atomic E-state index is 0.0695. The van der Waals surface area contributed by atoms with Crippen LogP contribution in [0.5, 0.6) is 11.5 Å². The van der Waals surface area contributed by atoms with Crippen LogP contribution in [0, 0.1) is 34.4 Å². The Balaban J connectivity index is 1.72. The topological polar surface area (TPSA) is 59.3 Å². The van der Waals surface area contributed by atoms with E-state index in [0.717, 1.165) is 0 Å². The van der Waals surface area contributed by atoms with Crippen LogP contribution < -0.4 is 4.74 Å². The van der Waals surface area contributed by atoms with Crippen LogP contribution in [0.3, 0.4) is 0 Å². The maximum absolute atomic E-state index is 13.1. The molecule has 1 saturated carbocycles. The van der Waals surface area contributed by atoms with Gasteiger partial charge in [-0.3, -0.25) is 4.79 Å². The van der Waals surface area contributed by atoms with Crippen LogP contribution in [0.1, 0.15) is 25.0 Å². The van der Waals surface area contributed by atoms with E-state index in [-0.39, 0.29) is 45.7 Å². The predicted molar refractivity (Wildman–Crippen MR) is 108 cm³/mol. The summed E-state index contributed by atoms with van der Waals surface area (Å²) < 4.78 is 24.3. The van der Waals surface area contributed by atoms with Gasteiger partial charge >= 0.3 is 5.97 Å². The Hall–Kier alpha value is -2.55. The predicted octanol–water partition coefficient (Wildman–Crippen LogP) is 6.12. The van der Waals surface area contributed by atoms with Gasteiger partial charge in [0.25, 0.3) is 0 Å². The van der Waals surface area contributed by atoms with Crippen molar-refractivity contribution in [1.82, 2.24) is 0 Å². The van der Waals surface area contributed by atoms with Crippen molar-refractivity contribution in [2.75, 3.05) is 0 Å². The first-order chi connectivity index (χ1) is 13.7. The molecule has 4 nitrogen and oxygen atoms in total. The van der Waals surface area contributed by atoms with Crippen LogP contribution in [0.15, 0.2) is 53.0 Å². The highest BCUT2D eigenvalue weighted by atomic mass is 35.5. The Morgan fingerprint density at radius 3 is 2.55 bits per heavy atom. The zero-order chi connectivity index (χ0) is 21.2. The third kappa shape index (κ3) is 4.72. The van der Waals surface area contributed by atoms with E-state index < -0.39 is 0 Å². The first-order valence-corrected chi connectivity index (χ1v) is 9.64. The number of carbonyl (C=O) groups is 1. The normalized spacial score (nSPS) is 19.0. The van der Waals surface area contributed by atoms with Crippen molar-refractivity contribution in [3.05, 3.63) is 70.0 Å². The number of nitriles is 1. The molecule has 3 rings (SSSR count). The van der Waals surface area contributed by atoms with E-state index in [1.165, 1.54) is 24.3 Å². The lowest BCUT2D eigenvalue weighted by molar-refractivity contribution is -0.147. The third-order valence-corrected chi connectivity index (χ3v) is 5.36. The molecule has 0 N–H and O–H groups in total. The first-order valence-electron chi connectivity index (χ1n) is 8.89. The fourth-order valence-corrected chi connectivity index (χ4v) is 3.62. The van der Waals surface area contributed by atoms with Gasteiger partial charge in [-0.25, -0.2) is 4.39 Å². The fourth-order valence-electron chi connectivity index (χ4n) is 3.35. The highest BCUT2D eigenvalue weighted by molar-refractivity contribution is 6.55. The van der Waals surface area contributed by atoms with Gasteiger partial charge < -0.3 is 9.47 Å². The molecule has 150 valence electrons. The van der Waals surface area contributed by atoms with Crippen molar-refractivity contribution in [2.45, 2.75) is 20.5 Å². The average molecular weight is 434 g/mol. The Labute approximate surface area is 178 Å². The summed E-state index contributed by atoms with van der Waals surface area (Å²) in [5.41, 5.74) is 0.471. The van der Waals surface area contributed by atoms with E-state index in [2.05, 4.69) is 6.07 Å². The van der Waals surface area contributed by atoms with E-state index in [0.29, 0.717) is 17.1 Å². The summed E-state index contributed by atoms with van der Waals surface area (Å²) in [6.45, 7) is 3.81. The van der Waals surface area contributed by atoms with E-state index >= 15 is 0 Å². The van der Waals surface area contributed by atoms with Gasteiger partial charge in [0.2, 0.25) is 0 Å². The number of hydrogen-bond donors (Lipinski definition) is 0. The summed E-state index contributed by atoms with van der Waals surface area (Å²) in [5, 5.41) is 9.56. The molecular weight excluding hydrogens is 416 g/mol. The van der Waals surface area contributed by atoms with E-state index in [4.69, 9.17) is 32.7 Å². The Morgan fingerprint density at radius 2 is 1.93 bits per heavy atom. The minimum Gasteiger partial charge on any atom is -0.461 e. The maximum Gasteiger partial charge on any atom is 0.310 e. The number of nitrogens with zero attached hydrogens (tertiary/aromatic N) is 1. The quantitative estimate of drug-likeness (QED) is 0.514. The van der Waals surface area contributed by atoms with Crippen LogP contribution in [0.25, 0.3) is 0 Å². The zero-order valence-corrected chi connectivity index (χ0v) is 17.3. The largest absolute Gasteiger partial charge is 0.461 e. The number of ether oxygens (including phenoxy) is 2. The van der Waals surface area contributed by atoms with Gasteiger partial charge in [0.1, 0.15) is 40.0 Å². The van der Waals surface area contributed by atoms with Crippen LogP contribution in [-0.4, -0.2) is 5.97 Å². The van der Waals surface area contributed by atoms with Crippen molar-refractivity contribution < 1.29 is 18.7 Å². The number of allylic oxidation sites excluding steroid dienone is 1. The Morgan fingerprint density at radius 1 is 1.24 bits per heavy atom. The molecule has 1 fully saturated rings. The number of esters is 1. The van der Waals surface area contributed by atoms with Crippen LogP contribution in [0.2, 0.25) is 0 Å². The summed E-state index contributed by atoms with van der Waals surface area (Å²) in [7, 11) is 0. The summed E-state index contributed by atoms with van der Waals surface area (Å²) in [4.78, 5) is 12.5. The number of hydrogen-bond acceptors (Lipinski definition) is 4. The SMILES string of the molecule is CC1(C)C(C=C(Cl)Cl)C1C(=O)OCc1cccc(Oc2ccc(F)cc2)c1C#N. The molecule has 29 heavy (non-hydrogen) atoms. The molecule has 0 spiro atoms. The molecule has 0 aliphatic heterocycles. The summed E-state index contributed by atoms with van der Waals surface area (Å²) in [5.74, 6) is -0.508. The molecule has 0 radical (unpaired) electrons. The van der Waals surface area contributed by atoms with Gasteiger partial charge in [-0.05, 0) is 47.7 Å². The third-order valence-electron chi connectivity index (χ3n) is 5.11. The highest BCUT2D eigenvalue weighted by Gasteiger charge is 2.61. The molecule has 2 atom stereocenters. The molecular formula is C22H18Cl2FNO3. The van der Waals surface area contributed by atoms with Crippen LogP contribution >= 0.6 is 23.2 Å². The number of benzene rings is 2. The second kappa shape index (κ2) is 8.44. The standard InChI is InChI=1S/C22H18Cl2FNO3/c1-22(2)17(10-19(23)24)20(22)21(27)28-12-13-4-3-5-18(16(13)11-26)29-15-8-6-14(25)7-9-15/h3-10,17,20H,12H2,1-2H3. The number of carbonyl (C=O) groups excluding carboxylic acids is 1. The summed E-state index contributed by atoms with van der Waals surface area (Å²) >= 11 is 11.4. The molecule has 0 saturated heterocycles. The molecule has 7 heteroatoms. The fraction of sp³-hybridized carbons (Fsp3) is 0.273. The van der Waals surface area contributed by atoms with Gasteiger partial charge in [0.05, 0.1) is 5.92 Å². The zero-order valence-electron chi connectivity index (χ0n) is 15.8. The molecule has 0 aromatic heterocycles. The van der Waals surface area contributed by atoms with Gasteiger partial charge in [0.15, 0.2) is 0 Å². The number of halogens is 3. The van der Waals surface area contributed by atoms with E-state index in [9.17, 15) is 14.4 Å². The van der Waals surface area contributed by atoms with Gasteiger partial charge in [-0.2, -0.15) is 5.26 Å². The molecule has 0 bridgehead atoms. The van der Waals surface area contributed by atoms with Crippen molar-refractivity contribution in [3.8, 4) is 17.6 Å². The number of rotatable bonds is 6. The maximum atomic E-state index is 13.1. The smallest absolute Gasteiger partial charge is 0.310 e. The lowest BCUT2D eigenvalue weighted by Gasteiger charge is -2.12. The molecule has 0 heterocycles. The second-order valence-electron chi connectivity index (χ2n) is 7.35. The molecule has 0 amide bonds. The van der Waals surface area contributed by atoms with E-state index in [1.807, 2.05) is 13.8 Å². The highest BCUT2D eigenvalue weighted by Crippen LogP contribution is 2.60. The Bertz CT molecular complexity index is 992. The Kier molecular flexibility index (Phi) is 6.16. The lowest BCUT2D eigenvalue weighted by atomic mass is 10.1. The minimum atomic E-state index is -0.384. The van der Waals surface area contributed by atoms with Gasteiger partial charge in [-0.15, -0.1) is 0 Å². The van der Waals surface area contributed by atoms with Gasteiger partial charge in [0, 0.05) is 5.56 Å². The summed E-state index contributed by atoms with van der Waals surface area (Å²) in [6, 6.07) is 12.6. The second-order valence-corrected chi connectivity index (χ2v) is 8.35. The molecule has 2 aromatic rings. The summed E-state index contributed by atoms with van der Waals surface area (Å²) in [6.07, 6.45) is 1.65. The van der Waals surface area contributed by atoms with Crippen molar-refractivity contribution in [2.24, 2.45) is 17.3 Å².